The van der Waals surface area contributed by atoms with E-state index in [9.17, 15) is 14.4 Å². The number of carbonyl (C=O) groups is 3. The number of hydrogen-bond acceptors (Lipinski definition) is 7. The van der Waals surface area contributed by atoms with E-state index < -0.39 is 29.9 Å². The Morgan fingerprint density at radius 1 is 0.750 bits per heavy atom. The lowest BCUT2D eigenvalue weighted by atomic mass is 9.90. The number of esters is 1. The number of hydrogen-bond donors (Lipinski definition) is 0. The zero-order valence-corrected chi connectivity index (χ0v) is 21.7. The smallest absolute Gasteiger partial charge is 0.343 e. The highest BCUT2D eigenvalue weighted by Crippen LogP contribution is 2.47. The first-order valence-corrected chi connectivity index (χ1v) is 13.0. The first kappa shape index (κ1) is 25.3. The highest BCUT2D eigenvalue weighted by Gasteiger charge is 2.60. The lowest BCUT2D eigenvalue weighted by molar-refractivity contribution is -0.126. The van der Waals surface area contributed by atoms with E-state index in [1.54, 1.807) is 77.9 Å². The molecule has 4 aromatic carbocycles. The van der Waals surface area contributed by atoms with Gasteiger partial charge >= 0.3 is 5.97 Å². The molecule has 0 radical (unpaired) electrons. The molecular weight excluding hydrogens is 508 g/mol. The van der Waals surface area contributed by atoms with Gasteiger partial charge < -0.3 is 9.47 Å². The van der Waals surface area contributed by atoms with Gasteiger partial charge in [0.1, 0.15) is 17.4 Å². The first-order valence-electron chi connectivity index (χ1n) is 13.0. The van der Waals surface area contributed by atoms with E-state index in [4.69, 9.17) is 14.3 Å². The molecule has 0 N–H and O–H groups in total. The fourth-order valence-corrected chi connectivity index (χ4v) is 5.14. The Morgan fingerprint density at radius 3 is 2.02 bits per heavy atom. The van der Waals surface area contributed by atoms with Crippen molar-refractivity contribution in [2.75, 3.05) is 16.6 Å². The maximum atomic E-state index is 13.8. The molecule has 6 rings (SSSR count). The second kappa shape index (κ2) is 10.7. The minimum atomic E-state index is -0.986. The summed E-state index contributed by atoms with van der Waals surface area (Å²) in [5, 5.41) is 1.63. The fourth-order valence-electron chi connectivity index (χ4n) is 5.14. The van der Waals surface area contributed by atoms with Crippen LogP contribution < -0.4 is 19.4 Å². The maximum absolute atomic E-state index is 13.8. The lowest BCUT2D eigenvalue weighted by Crippen LogP contribution is -2.37. The average molecular weight is 535 g/mol. The molecule has 4 aromatic rings. The van der Waals surface area contributed by atoms with Crippen LogP contribution in [0.5, 0.6) is 11.5 Å². The Labute approximate surface area is 231 Å². The van der Waals surface area contributed by atoms with Crippen molar-refractivity contribution in [3.8, 4) is 11.5 Å². The number of benzene rings is 4. The Balaban J connectivity index is 1.30. The highest BCUT2D eigenvalue weighted by atomic mass is 16.7. The summed E-state index contributed by atoms with van der Waals surface area (Å²) in [6.45, 7) is 2.40. The van der Waals surface area contributed by atoms with Gasteiger partial charge in [-0.2, -0.15) is 0 Å². The van der Waals surface area contributed by atoms with E-state index in [0.29, 0.717) is 29.4 Å². The minimum absolute atomic E-state index is 0.345. The number of amides is 2. The molecule has 2 aliphatic heterocycles. The van der Waals surface area contributed by atoms with Gasteiger partial charge in [-0.05, 0) is 73.2 Å². The molecule has 2 amide bonds. The van der Waals surface area contributed by atoms with Crippen LogP contribution >= 0.6 is 0 Å². The van der Waals surface area contributed by atoms with E-state index in [2.05, 4.69) is 0 Å². The van der Waals surface area contributed by atoms with Gasteiger partial charge in [0.25, 0.3) is 5.91 Å². The SMILES string of the molecule is CCOc1ccc(N2C(=O)[C@@H]3[C@@H](ON(c4ccccc4)[C@H]3c3ccc(OC(=O)c4ccccc4)cc3)C2=O)cc1. The van der Waals surface area contributed by atoms with Crippen molar-refractivity contribution < 1.29 is 28.7 Å². The average Bonchev–Trinajstić information content (AvgIpc) is 3.50. The van der Waals surface area contributed by atoms with Crippen molar-refractivity contribution in [3.05, 3.63) is 120 Å². The number of carbonyl (C=O) groups excluding carboxylic acids is 3. The summed E-state index contributed by atoms with van der Waals surface area (Å²) in [4.78, 5) is 47.3. The van der Waals surface area contributed by atoms with Crippen LogP contribution in [-0.4, -0.2) is 30.5 Å². The molecule has 2 fully saturated rings. The highest BCUT2D eigenvalue weighted by molar-refractivity contribution is 6.24. The van der Waals surface area contributed by atoms with Crippen LogP contribution in [0, 0.1) is 5.92 Å². The zero-order chi connectivity index (χ0) is 27.6. The summed E-state index contributed by atoms with van der Waals surface area (Å²) in [5.74, 6) is -0.992. The van der Waals surface area contributed by atoms with Gasteiger partial charge in [0.2, 0.25) is 5.91 Å². The van der Waals surface area contributed by atoms with Gasteiger partial charge in [0.05, 0.1) is 29.6 Å². The quantitative estimate of drug-likeness (QED) is 0.179. The van der Waals surface area contributed by atoms with Crippen LogP contribution in [0.3, 0.4) is 0 Å². The van der Waals surface area contributed by atoms with Gasteiger partial charge in [-0.3, -0.25) is 14.4 Å². The number of rotatable bonds is 7. The van der Waals surface area contributed by atoms with E-state index in [-0.39, 0.29) is 5.91 Å². The summed E-state index contributed by atoms with van der Waals surface area (Å²) in [6, 6.07) is 31.3. The first-order chi connectivity index (χ1) is 19.5. The number of hydroxylamine groups is 1. The number of para-hydroxylation sites is 1. The Morgan fingerprint density at radius 2 is 1.38 bits per heavy atom. The summed E-state index contributed by atoms with van der Waals surface area (Å²) in [5.41, 5.74) is 2.36. The summed E-state index contributed by atoms with van der Waals surface area (Å²) in [6.07, 6.45) is -0.986. The molecule has 0 saturated carbocycles. The third-order valence-corrected chi connectivity index (χ3v) is 6.97. The standard InChI is InChI=1S/C32H26N2O6/c1-2-38-25-19-15-23(16-20-25)33-30(35)27-28(34(40-29(27)31(33)36)24-11-7-4-8-12-24)21-13-17-26(18-14-21)39-32(37)22-9-5-3-6-10-22/h3-20,27-29H,2H2,1H3/t27-,28-,29+/m0/s1. The number of ether oxygens (including phenoxy) is 2. The molecule has 8 heteroatoms. The molecule has 2 aliphatic rings. The molecular formula is C32H26N2O6. The molecule has 2 saturated heterocycles. The van der Waals surface area contributed by atoms with Crippen LogP contribution in [0.2, 0.25) is 0 Å². The van der Waals surface area contributed by atoms with E-state index in [1.165, 1.54) is 4.90 Å². The van der Waals surface area contributed by atoms with Gasteiger partial charge in [0.15, 0.2) is 6.10 Å². The monoisotopic (exact) mass is 534 g/mol. The van der Waals surface area contributed by atoms with Crippen molar-refractivity contribution in [2.45, 2.75) is 19.1 Å². The maximum Gasteiger partial charge on any atom is 0.343 e. The predicted octanol–water partition coefficient (Wildman–Crippen LogP) is 5.36. The van der Waals surface area contributed by atoms with Crippen molar-refractivity contribution in [3.63, 3.8) is 0 Å². The molecule has 200 valence electrons. The van der Waals surface area contributed by atoms with Gasteiger partial charge in [-0.25, -0.2) is 14.8 Å². The second-order valence-electron chi connectivity index (χ2n) is 9.42. The molecule has 0 spiro atoms. The summed E-state index contributed by atoms with van der Waals surface area (Å²) >= 11 is 0. The minimum Gasteiger partial charge on any atom is -0.494 e. The molecule has 8 nitrogen and oxygen atoms in total. The molecule has 0 unspecified atom stereocenters. The lowest BCUT2D eigenvalue weighted by Gasteiger charge is -2.28. The van der Waals surface area contributed by atoms with Crippen molar-refractivity contribution in [1.29, 1.82) is 0 Å². The van der Waals surface area contributed by atoms with Crippen molar-refractivity contribution in [1.82, 2.24) is 0 Å². The number of fused-ring (bicyclic) bond motifs is 1. The van der Waals surface area contributed by atoms with Crippen molar-refractivity contribution in [2.24, 2.45) is 5.92 Å². The molecule has 0 aromatic heterocycles. The molecule has 2 heterocycles. The van der Waals surface area contributed by atoms with Gasteiger partial charge in [0, 0.05) is 0 Å². The van der Waals surface area contributed by atoms with E-state index in [0.717, 1.165) is 11.3 Å². The third-order valence-electron chi connectivity index (χ3n) is 6.97. The topological polar surface area (TPSA) is 85.4 Å². The largest absolute Gasteiger partial charge is 0.494 e. The third kappa shape index (κ3) is 4.58. The Hall–Kier alpha value is -4.95. The molecule has 0 bridgehead atoms. The number of imide groups is 1. The molecule has 0 aliphatic carbocycles. The predicted molar refractivity (Wildman–Crippen MR) is 148 cm³/mol. The normalized spacial score (nSPS) is 20.0. The van der Waals surface area contributed by atoms with Crippen LogP contribution in [0.1, 0.15) is 28.9 Å². The molecule has 40 heavy (non-hydrogen) atoms. The number of nitrogens with zero attached hydrogens (tertiary/aromatic N) is 2. The van der Waals surface area contributed by atoms with Crippen LogP contribution in [0.4, 0.5) is 11.4 Å². The van der Waals surface area contributed by atoms with Crippen LogP contribution in [0.25, 0.3) is 0 Å². The zero-order valence-electron chi connectivity index (χ0n) is 21.7. The number of anilines is 2. The summed E-state index contributed by atoms with van der Waals surface area (Å²) in [7, 11) is 0. The van der Waals surface area contributed by atoms with Crippen LogP contribution in [-0.2, 0) is 14.4 Å². The van der Waals surface area contributed by atoms with E-state index in [1.807, 2.05) is 43.3 Å². The van der Waals surface area contributed by atoms with E-state index >= 15 is 0 Å². The Kier molecular flexibility index (Phi) is 6.76. The Bertz CT molecular complexity index is 1520. The molecule has 3 atom stereocenters. The second-order valence-corrected chi connectivity index (χ2v) is 9.42. The van der Waals surface area contributed by atoms with Gasteiger partial charge in [-0.15, -0.1) is 0 Å². The van der Waals surface area contributed by atoms with Gasteiger partial charge in [-0.1, -0.05) is 48.5 Å². The van der Waals surface area contributed by atoms with Crippen LogP contribution in [0.15, 0.2) is 109 Å². The summed E-state index contributed by atoms with van der Waals surface area (Å²) < 4.78 is 11.0. The van der Waals surface area contributed by atoms with Crippen molar-refractivity contribution >= 4 is 29.2 Å². The fraction of sp³-hybridized carbons (Fsp3) is 0.156.